The molecule has 0 bridgehead atoms. The van der Waals surface area contributed by atoms with Crippen molar-refractivity contribution < 1.29 is 4.79 Å². The number of hydrogen-bond acceptors (Lipinski definition) is 2. The number of amides is 1. The van der Waals surface area contributed by atoms with Crippen LogP contribution in [0.3, 0.4) is 0 Å². The van der Waals surface area contributed by atoms with Crippen LogP contribution in [0.25, 0.3) is 0 Å². The van der Waals surface area contributed by atoms with Crippen LogP contribution < -0.4 is 5.43 Å². The predicted molar refractivity (Wildman–Crippen MR) is 91.2 cm³/mol. The SMILES string of the molecule is CC(C)(CCl)C(=O)NN=C(c1ccccc1)c1ccccc1. The minimum atomic E-state index is -0.663. The summed E-state index contributed by atoms with van der Waals surface area (Å²) in [7, 11) is 0. The number of carbonyl (C=O) groups is 1. The van der Waals surface area contributed by atoms with Crippen molar-refractivity contribution in [2.45, 2.75) is 13.8 Å². The average molecular weight is 315 g/mol. The highest BCUT2D eigenvalue weighted by Gasteiger charge is 2.26. The summed E-state index contributed by atoms with van der Waals surface area (Å²) in [6, 6.07) is 19.5. The molecule has 0 saturated heterocycles. The number of hydrazone groups is 1. The van der Waals surface area contributed by atoms with Crippen LogP contribution in [0.1, 0.15) is 25.0 Å². The number of carbonyl (C=O) groups excluding carboxylic acids is 1. The number of hydrogen-bond donors (Lipinski definition) is 1. The van der Waals surface area contributed by atoms with Gasteiger partial charge in [-0.25, -0.2) is 5.43 Å². The Hall–Kier alpha value is -2.13. The molecule has 0 saturated carbocycles. The van der Waals surface area contributed by atoms with Crippen LogP contribution in [0.5, 0.6) is 0 Å². The zero-order chi connectivity index (χ0) is 16.0. The lowest BCUT2D eigenvalue weighted by molar-refractivity contribution is -0.128. The maximum Gasteiger partial charge on any atom is 0.246 e. The van der Waals surface area contributed by atoms with E-state index in [-0.39, 0.29) is 11.8 Å². The summed E-state index contributed by atoms with van der Waals surface area (Å²) < 4.78 is 0. The second-order valence-corrected chi connectivity index (χ2v) is 5.92. The highest BCUT2D eigenvalue weighted by molar-refractivity contribution is 6.20. The van der Waals surface area contributed by atoms with E-state index >= 15 is 0 Å². The lowest BCUT2D eigenvalue weighted by Crippen LogP contribution is -2.36. The van der Waals surface area contributed by atoms with Gasteiger partial charge in [-0.3, -0.25) is 4.79 Å². The van der Waals surface area contributed by atoms with Gasteiger partial charge >= 0.3 is 0 Å². The molecule has 0 fully saturated rings. The molecule has 114 valence electrons. The van der Waals surface area contributed by atoms with Crippen molar-refractivity contribution in [2.75, 3.05) is 5.88 Å². The molecule has 2 aromatic carbocycles. The molecule has 4 heteroatoms. The van der Waals surface area contributed by atoms with Crippen LogP contribution in [-0.2, 0) is 4.79 Å². The van der Waals surface area contributed by atoms with Gasteiger partial charge in [-0.15, -0.1) is 11.6 Å². The van der Waals surface area contributed by atoms with Gasteiger partial charge in [-0.05, 0) is 13.8 Å². The van der Waals surface area contributed by atoms with Crippen LogP contribution >= 0.6 is 11.6 Å². The molecule has 0 radical (unpaired) electrons. The van der Waals surface area contributed by atoms with Gasteiger partial charge in [0.25, 0.3) is 0 Å². The lowest BCUT2D eigenvalue weighted by Gasteiger charge is -2.18. The van der Waals surface area contributed by atoms with Crippen molar-refractivity contribution in [2.24, 2.45) is 10.5 Å². The Morgan fingerprint density at radius 1 is 1.00 bits per heavy atom. The summed E-state index contributed by atoms with van der Waals surface area (Å²) in [6.45, 7) is 3.57. The van der Waals surface area contributed by atoms with E-state index in [4.69, 9.17) is 11.6 Å². The quantitative estimate of drug-likeness (QED) is 0.509. The molecule has 22 heavy (non-hydrogen) atoms. The molecule has 0 atom stereocenters. The van der Waals surface area contributed by atoms with Crippen LogP contribution in [-0.4, -0.2) is 17.5 Å². The first-order chi connectivity index (χ1) is 10.5. The van der Waals surface area contributed by atoms with E-state index in [1.807, 2.05) is 60.7 Å². The number of rotatable bonds is 5. The van der Waals surface area contributed by atoms with E-state index in [0.717, 1.165) is 16.8 Å². The molecule has 2 rings (SSSR count). The Morgan fingerprint density at radius 3 is 1.86 bits per heavy atom. The van der Waals surface area contributed by atoms with Crippen LogP contribution in [0.15, 0.2) is 65.8 Å². The van der Waals surface area contributed by atoms with E-state index in [0.29, 0.717) is 0 Å². The molecule has 0 aliphatic heterocycles. The van der Waals surface area contributed by atoms with E-state index in [1.165, 1.54) is 0 Å². The van der Waals surface area contributed by atoms with Crippen molar-refractivity contribution in [1.29, 1.82) is 0 Å². The van der Waals surface area contributed by atoms with Crippen molar-refractivity contribution in [3.63, 3.8) is 0 Å². The average Bonchev–Trinajstić information content (AvgIpc) is 2.56. The third kappa shape index (κ3) is 3.95. The fraction of sp³-hybridized carbons (Fsp3) is 0.222. The normalized spacial score (nSPS) is 10.9. The highest BCUT2D eigenvalue weighted by atomic mass is 35.5. The zero-order valence-electron chi connectivity index (χ0n) is 12.7. The lowest BCUT2D eigenvalue weighted by atomic mass is 9.96. The molecule has 0 unspecified atom stereocenters. The number of benzene rings is 2. The maximum atomic E-state index is 12.2. The summed E-state index contributed by atoms with van der Waals surface area (Å²) in [4.78, 5) is 12.2. The van der Waals surface area contributed by atoms with E-state index in [1.54, 1.807) is 13.8 Å². The number of halogens is 1. The van der Waals surface area contributed by atoms with Gasteiger partial charge in [-0.2, -0.15) is 5.10 Å². The first-order valence-electron chi connectivity index (χ1n) is 7.09. The molecule has 1 amide bonds. The molecular formula is C18H19ClN2O. The molecule has 0 aromatic heterocycles. The molecule has 3 nitrogen and oxygen atoms in total. The first kappa shape index (κ1) is 16.2. The van der Waals surface area contributed by atoms with Crippen molar-refractivity contribution >= 4 is 23.2 Å². The topological polar surface area (TPSA) is 41.5 Å². The largest absolute Gasteiger partial charge is 0.273 e. The number of alkyl halides is 1. The van der Waals surface area contributed by atoms with Gasteiger partial charge in [0.1, 0.15) is 0 Å². The second-order valence-electron chi connectivity index (χ2n) is 5.65. The van der Waals surface area contributed by atoms with Gasteiger partial charge in [-0.1, -0.05) is 60.7 Å². The Morgan fingerprint density at radius 2 is 1.45 bits per heavy atom. The van der Waals surface area contributed by atoms with Crippen molar-refractivity contribution in [3.8, 4) is 0 Å². The molecule has 0 aliphatic rings. The summed E-state index contributed by atoms with van der Waals surface area (Å²) in [6.07, 6.45) is 0. The molecule has 2 aromatic rings. The third-order valence-corrected chi connectivity index (χ3v) is 3.98. The van der Waals surface area contributed by atoms with E-state index in [2.05, 4.69) is 10.5 Å². The summed E-state index contributed by atoms with van der Waals surface area (Å²) in [5.74, 6) is 0.0345. The summed E-state index contributed by atoms with van der Waals surface area (Å²) in [5, 5.41) is 4.34. The maximum absolute atomic E-state index is 12.2. The molecule has 0 spiro atoms. The van der Waals surface area contributed by atoms with Gasteiger partial charge in [0.2, 0.25) is 5.91 Å². The number of nitrogens with zero attached hydrogens (tertiary/aromatic N) is 1. The van der Waals surface area contributed by atoms with Gasteiger partial charge in [0, 0.05) is 17.0 Å². The fourth-order valence-corrected chi connectivity index (χ4v) is 1.93. The Labute approximate surface area is 136 Å². The standard InChI is InChI=1S/C18H19ClN2O/c1-18(2,13-19)17(22)21-20-16(14-9-5-3-6-10-14)15-11-7-4-8-12-15/h3-12H,13H2,1-2H3,(H,21,22). The highest BCUT2D eigenvalue weighted by Crippen LogP contribution is 2.17. The molecule has 1 N–H and O–H groups in total. The Balaban J connectivity index is 2.34. The van der Waals surface area contributed by atoms with Crippen LogP contribution in [0.4, 0.5) is 0 Å². The van der Waals surface area contributed by atoms with Crippen molar-refractivity contribution in [1.82, 2.24) is 5.43 Å². The minimum absolute atomic E-state index is 0.202. The molecule has 0 heterocycles. The Kier molecular flexibility index (Phi) is 5.34. The summed E-state index contributed by atoms with van der Waals surface area (Å²) >= 11 is 5.83. The van der Waals surface area contributed by atoms with Gasteiger partial charge in [0.05, 0.1) is 11.1 Å². The van der Waals surface area contributed by atoms with Crippen LogP contribution in [0, 0.1) is 5.41 Å². The third-order valence-electron chi connectivity index (χ3n) is 3.31. The van der Waals surface area contributed by atoms with E-state index < -0.39 is 5.41 Å². The summed E-state index contributed by atoms with van der Waals surface area (Å²) in [5.41, 5.74) is 4.58. The second kappa shape index (κ2) is 7.23. The predicted octanol–water partition coefficient (Wildman–Crippen LogP) is 3.82. The monoisotopic (exact) mass is 314 g/mol. The zero-order valence-corrected chi connectivity index (χ0v) is 13.5. The number of nitrogens with one attached hydrogen (secondary N) is 1. The Bertz CT molecular complexity index is 610. The van der Waals surface area contributed by atoms with E-state index in [9.17, 15) is 4.79 Å². The minimum Gasteiger partial charge on any atom is -0.273 e. The first-order valence-corrected chi connectivity index (χ1v) is 7.63. The molecular weight excluding hydrogens is 296 g/mol. The van der Waals surface area contributed by atoms with Gasteiger partial charge in [0.15, 0.2) is 0 Å². The molecule has 0 aliphatic carbocycles. The fourth-order valence-electron chi connectivity index (χ4n) is 1.81. The van der Waals surface area contributed by atoms with Crippen molar-refractivity contribution in [3.05, 3.63) is 71.8 Å². The smallest absolute Gasteiger partial charge is 0.246 e. The van der Waals surface area contributed by atoms with Gasteiger partial charge < -0.3 is 0 Å². The van der Waals surface area contributed by atoms with Crippen LogP contribution in [0.2, 0.25) is 0 Å².